The van der Waals surface area contributed by atoms with Gasteiger partial charge in [-0.1, -0.05) is 119 Å². The van der Waals surface area contributed by atoms with Gasteiger partial charge in [-0.05, 0) is 92.5 Å². The number of amides is 9. The quantitative estimate of drug-likeness (QED) is 0.0154. The van der Waals surface area contributed by atoms with Crippen LogP contribution in [0, 0.1) is 17.8 Å². The number of aromatic hydroxyl groups is 1. The molecule has 9 amide bonds. The minimum Gasteiger partial charge on any atom is -0.508 e. The summed E-state index contributed by atoms with van der Waals surface area (Å²) in [6.07, 6.45) is 4.79. The molecule has 7 rings (SSSR count). The molecule has 2 saturated heterocycles. The molecule has 0 radical (unpaired) electrons. The Morgan fingerprint density at radius 1 is 0.657 bits per heavy atom. The highest BCUT2D eigenvalue weighted by Crippen LogP contribution is 2.33. The van der Waals surface area contributed by atoms with Crippen LogP contribution in [0.4, 0.5) is 4.79 Å². The zero-order valence-electron chi connectivity index (χ0n) is 59.1. The van der Waals surface area contributed by atoms with Gasteiger partial charge in [-0.15, -0.1) is 5.10 Å². The van der Waals surface area contributed by atoms with Crippen LogP contribution in [0.15, 0.2) is 96.1 Å². The zero-order valence-corrected chi connectivity index (χ0v) is 59.9. The van der Waals surface area contributed by atoms with E-state index >= 15 is 4.79 Å². The van der Waals surface area contributed by atoms with Gasteiger partial charge >= 0.3 is 6.03 Å². The van der Waals surface area contributed by atoms with Crippen LogP contribution in [0.25, 0.3) is 0 Å². The number of benzene rings is 3. The summed E-state index contributed by atoms with van der Waals surface area (Å²) in [5.74, 6) is -7.07. The number of ether oxygens (including phenoxy) is 3. The summed E-state index contributed by atoms with van der Waals surface area (Å²) in [6, 6.07) is 17.6. The van der Waals surface area contributed by atoms with Gasteiger partial charge in [-0.2, -0.15) is 11.8 Å². The number of nitrogens with two attached hydrogens (primary N) is 3. The van der Waals surface area contributed by atoms with E-state index in [1.54, 1.807) is 83.7 Å². The number of phenols is 1. The Kier molecular flexibility index (Phi) is 35.7. The summed E-state index contributed by atoms with van der Waals surface area (Å²) in [5, 5.41) is 42.1. The van der Waals surface area contributed by atoms with E-state index in [9.17, 15) is 48.3 Å². The van der Waals surface area contributed by atoms with E-state index in [1.807, 2.05) is 39.5 Å². The monoisotopic (exact) mass is 1440 g/mol. The van der Waals surface area contributed by atoms with E-state index < -0.39 is 102 Å². The van der Waals surface area contributed by atoms with Gasteiger partial charge in [0.05, 0.1) is 62.9 Å². The Bertz CT molecular complexity index is 3340. The summed E-state index contributed by atoms with van der Waals surface area (Å²) < 4.78 is 18.5. The molecule has 4 heterocycles. The molecule has 1 aromatic heterocycles. The lowest BCUT2D eigenvalue weighted by atomic mass is 9.89. The number of aromatic nitrogens is 3. The fraction of sp³-hybridized carbons (Fsp3) is 0.569. The summed E-state index contributed by atoms with van der Waals surface area (Å²) in [4.78, 5) is 144. The fourth-order valence-corrected chi connectivity index (χ4v) is 13.7. The number of urea groups is 1. The number of ketones is 2. The molecule has 0 unspecified atom stereocenters. The lowest BCUT2D eigenvalue weighted by molar-refractivity contribution is -0.136. The number of nitrogens with zero attached hydrogens (tertiary/aromatic N) is 4. The van der Waals surface area contributed by atoms with E-state index in [1.165, 1.54) is 12.1 Å². The second-order valence-electron chi connectivity index (χ2n) is 26.0. The maximum Gasteiger partial charge on any atom is 0.315 e. The lowest BCUT2D eigenvalue weighted by Crippen LogP contribution is -2.58. The van der Waals surface area contributed by atoms with Crippen LogP contribution in [0.5, 0.6) is 5.75 Å². The molecule has 4 aromatic rings. The third kappa shape index (κ3) is 29.5. The van der Waals surface area contributed by atoms with Gasteiger partial charge in [0.2, 0.25) is 41.4 Å². The number of guanidine groups is 1. The number of fused-ring (bicyclic) bond motifs is 3. The second-order valence-corrected chi connectivity index (χ2v) is 27.3. The molecule has 10 atom stereocenters. The number of thioether (sulfide) groups is 1. The number of phenolic OH excluding ortho intramolecular Hbond substituents is 1. The number of hydrogen-bond acceptors (Lipinski definition) is 18. The SMILES string of the molecule is CC.CC(C)C[C@H]1NC(=O)[C@@H](CCCN=C(N)N)NC(=O)[C@@H](Cc2ccccc2)NC(=O)[C@@H](Cc2ccccc2)CC(=O)[C@@H](NC(=O)COCCOCCOCCNC(=O)CCCC[C@H]2SC[C@H]3NC(=O)N[C@H]32)Cc2cn(nn2)CCCC[C@@H](C(N)=O)CC(=O)[C@@H](Cc2ccc(O)cc2)NC1=O. The normalized spacial score (nSPS) is 22.6. The van der Waals surface area contributed by atoms with Gasteiger partial charge in [0.1, 0.15) is 30.5 Å². The van der Waals surface area contributed by atoms with E-state index in [4.69, 9.17) is 31.4 Å². The fourth-order valence-electron chi connectivity index (χ4n) is 12.2. The van der Waals surface area contributed by atoms with Gasteiger partial charge in [0.25, 0.3) is 0 Å². The topological polar surface area (TPSA) is 436 Å². The van der Waals surface area contributed by atoms with E-state index in [-0.39, 0.29) is 139 Å². The second kappa shape index (κ2) is 44.4. The molecule has 0 aliphatic carbocycles. The van der Waals surface area contributed by atoms with Crippen molar-refractivity contribution in [2.45, 2.75) is 185 Å². The summed E-state index contributed by atoms with van der Waals surface area (Å²) >= 11 is 1.85. The van der Waals surface area contributed by atoms with Crippen LogP contribution < -0.4 is 59.7 Å². The summed E-state index contributed by atoms with van der Waals surface area (Å²) in [6.45, 7) is 8.75. The molecule has 30 heteroatoms. The number of primary amides is 1. The van der Waals surface area contributed by atoms with Crippen LogP contribution in [-0.2, 0) is 89.6 Å². The average molecular weight is 1440 g/mol. The van der Waals surface area contributed by atoms with Crippen molar-refractivity contribution in [1.82, 2.24) is 57.5 Å². The molecule has 0 saturated carbocycles. The molecule has 558 valence electrons. The van der Waals surface area contributed by atoms with Crippen LogP contribution in [0.2, 0.25) is 0 Å². The van der Waals surface area contributed by atoms with Crippen molar-refractivity contribution in [1.29, 1.82) is 0 Å². The van der Waals surface area contributed by atoms with Crippen molar-refractivity contribution in [2.24, 2.45) is 39.9 Å². The first-order valence-electron chi connectivity index (χ1n) is 35.5. The maximum atomic E-state index is 15.1. The number of carbonyl (C=O) groups is 10. The minimum absolute atomic E-state index is 0.0105. The number of aryl methyl sites for hydroxylation is 1. The highest BCUT2D eigenvalue weighted by molar-refractivity contribution is 8.00. The molecule has 29 nitrogen and oxygen atoms in total. The maximum absolute atomic E-state index is 15.1. The Morgan fingerprint density at radius 3 is 1.96 bits per heavy atom. The number of rotatable bonds is 30. The molecule has 2 bridgehead atoms. The zero-order chi connectivity index (χ0) is 73.8. The van der Waals surface area contributed by atoms with Crippen LogP contribution in [0.1, 0.15) is 127 Å². The van der Waals surface area contributed by atoms with E-state index in [0.29, 0.717) is 60.0 Å². The van der Waals surface area contributed by atoms with Crippen LogP contribution in [-0.4, -0.2) is 191 Å². The number of hydrogen-bond donors (Lipinski definition) is 12. The largest absolute Gasteiger partial charge is 0.508 e. The molecule has 3 aliphatic heterocycles. The van der Waals surface area contributed by atoms with Gasteiger partial charge < -0.3 is 79.1 Å². The molecule has 2 fully saturated rings. The van der Waals surface area contributed by atoms with Crippen molar-refractivity contribution in [3.05, 3.63) is 114 Å². The van der Waals surface area contributed by atoms with Gasteiger partial charge in [-0.25, -0.2) is 4.79 Å². The standard InChI is InChI=1S/C70H99N15O14S.C2H6/c1-44(2)34-55-67(94)78-53(36-47-22-24-51(86)25-23-47)58(87)38-48(64(71)91)18-11-12-28-85-41-50(83-84-85)40-54(76-62(90)42-99-33-32-98-31-30-97-29-27-74-61(89)21-10-9-20-60-63-57(43-100-60)81-70(96)82-63)59(88)39-49(35-45-14-5-3-6-15-45)65(92)79-56(37-46-16-7-4-8-17-46)68(95)77-52(66(93)80-55)19-13-26-75-69(72)73;1-2/h3-8,14-17,22-25,41,44,48-49,52-57,60,63,86H,9-13,18-21,26-40,42-43H2,1-2H3,(H2,71,91)(H,74,89)(H,76,90)(H,77,95)(H,78,94)(H,79,92)(H,80,93)(H4,72,73,75)(H2,81,82,96);1-2H3/t48-,49+,52-,53-,54+,55-,56-,57-,60-,63-;/m1./s1. The Hall–Kier alpha value is -9.00. The minimum atomic E-state index is -1.36. The molecule has 3 aromatic carbocycles. The van der Waals surface area contributed by atoms with Gasteiger partial charge in [-0.3, -0.25) is 52.8 Å². The molecular weight excluding hydrogens is 1330 g/mol. The smallest absolute Gasteiger partial charge is 0.315 e. The number of nitrogens with one attached hydrogen (secondary N) is 8. The molecule has 3 aliphatic rings. The lowest BCUT2D eigenvalue weighted by Gasteiger charge is -2.28. The number of unbranched alkanes of at least 4 members (excludes halogenated alkanes) is 1. The summed E-state index contributed by atoms with van der Waals surface area (Å²) in [7, 11) is 0. The van der Waals surface area contributed by atoms with Crippen LogP contribution in [0.3, 0.4) is 0 Å². The Balaban J connectivity index is 0.00000810. The highest BCUT2D eigenvalue weighted by atomic mass is 32.2. The molecule has 0 spiro atoms. The molecule has 15 N–H and O–H groups in total. The number of carbonyl (C=O) groups excluding carboxylic acids is 10. The third-order valence-corrected chi connectivity index (χ3v) is 19.0. The van der Waals surface area contributed by atoms with Crippen molar-refractivity contribution in [2.75, 3.05) is 58.5 Å². The van der Waals surface area contributed by atoms with E-state index in [0.717, 1.165) is 25.0 Å². The predicted octanol–water partition coefficient (Wildman–Crippen LogP) is 2.52. The van der Waals surface area contributed by atoms with Crippen molar-refractivity contribution >= 4 is 76.7 Å². The first kappa shape index (κ1) is 82.0. The van der Waals surface area contributed by atoms with Gasteiger partial charge in [0.15, 0.2) is 17.5 Å². The first-order chi connectivity index (χ1) is 49.2. The van der Waals surface area contributed by atoms with Crippen molar-refractivity contribution in [3.8, 4) is 5.75 Å². The average Bonchev–Trinajstić information content (AvgIpc) is 1.64. The first-order valence-corrected chi connectivity index (χ1v) is 36.5. The van der Waals surface area contributed by atoms with Crippen LogP contribution >= 0.6 is 11.8 Å². The Labute approximate surface area is 601 Å². The van der Waals surface area contributed by atoms with Gasteiger partial charge in [0, 0.05) is 80.8 Å². The third-order valence-electron chi connectivity index (χ3n) is 17.4. The van der Waals surface area contributed by atoms with E-state index in [2.05, 4.69) is 57.8 Å². The predicted molar refractivity (Wildman–Crippen MR) is 385 cm³/mol. The number of aliphatic imine (C=N–C) groups is 1. The molecule has 102 heavy (non-hydrogen) atoms. The summed E-state index contributed by atoms with van der Waals surface area (Å²) in [5.41, 5.74) is 19.5. The number of Topliss-reactive ketones (excluding diaryl/α,β-unsaturated/α-hetero) is 2. The van der Waals surface area contributed by atoms with Crippen molar-refractivity contribution in [3.63, 3.8) is 0 Å². The van der Waals surface area contributed by atoms with Crippen molar-refractivity contribution < 1.29 is 67.3 Å². The highest BCUT2D eigenvalue weighted by Gasteiger charge is 2.43. The molecular formula is C72H105N15O14S. The Morgan fingerprint density at radius 2 is 1.27 bits per heavy atom.